The predicted molar refractivity (Wildman–Crippen MR) is 45.2 cm³/mol. The molecular formula is C8H7N3O2. The van der Waals surface area contributed by atoms with E-state index in [1.807, 2.05) is 0 Å². The van der Waals surface area contributed by atoms with Crippen LogP contribution in [0, 0.1) is 0 Å². The fourth-order valence-electron chi connectivity index (χ4n) is 1.05. The van der Waals surface area contributed by atoms with Crippen LogP contribution in [0.1, 0.15) is 6.92 Å². The van der Waals surface area contributed by atoms with Crippen LogP contribution in [-0.2, 0) is 4.79 Å². The molecule has 0 saturated heterocycles. The number of benzene rings is 1. The summed E-state index contributed by atoms with van der Waals surface area (Å²) in [7, 11) is 0. The molecule has 0 aliphatic heterocycles. The van der Waals surface area contributed by atoms with E-state index in [0.29, 0.717) is 11.3 Å². The van der Waals surface area contributed by atoms with Crippen molar-refractivity contribution in [3.05, 3.63) is 18.2 Å². The number of carbonyl (C=O) groups is 1. The van der Waals surface area contributed by atoms with Crippen molar-refractivity contribution in [1.82, 2.24) is 15.4 Å². The molecule has 13 heavy (non-hydrogen) atoms. The van der Waals surface area contributed by atoms with E-state index in [2.05, 4.69) is 15.4 Å². The van der Waals surface area contributed by atoms with Crippen LogP contribution in [0.25, 0.3) is 11.0 Å². The first kappa shape index (κ1) is 7.72. The summed E-state index contributed by atoms with van der Waals surface area (Å²) in [5.41, 5.74) is 1.43. The number of fused-ring (bicyclic) bond motifs is 1. The Hall–Kier alpha value is -1.91. The minimum atomic E-state index is -0.345. The first-order valence-electron chi connectivity index (χ1n) is 3.74. The summed E-state index contributed by atoms with van der Waals surface area (Å²) in [6.45, 7) is 1.35. The van der Waals surface area contributed by atoms with Crippen LogP contribution < -0.4 is 4.74 Å². The number of aromatic nitrogens is 3. The van der Waals surface area contributed by atoms with Gasteiger partial charge in [-0.1, -0.05) is 0 Å². The quantitative estimate of drug-likeness (QED) is 0.518. The Morgan fingerprint density at radius 3 is 2.92 bits per heavy atom. The highest BCUT2D eigenvalue weighted by atomic mass is 16.5. The van der Waals surface area contributed by atoms with Crippen molar-refractivity contribution in [1.29, 1.82) is 0 Å². The number of carbonyl (C=O) groups excluding carboxylic acids is 1. The number of rotatable bonds is 1. The van der Waals surface area contributed by atoms with Gasteiger partial charge in [-0.05, 0) is 12.1 Å². The molecular weight excluding hydrogens is 170 g/mol. The van der Waals surface area contributed by atoms with Crippen LogP contribution in [0.15, 0.2) is 18.2 Å². The Morgan fingerprint density at radius 2 is 2.15 bits per heavy atom. The van der Waals surface area contributed by atoms with E-state index in [4.69, 9.17) is 4.74 Å². The third-order valence-electron chi connectivity index (χ3n) is 1.55. The normalized spacial score (nSPS) is 10.2. The second-order valence-corrected chi connectivity index (χ2v) is 2.57. The lowest BCUT2D eigenvalue weighted by atomic mass is 10.3. The van der Waals surface area contributed by atoms with E-state index in [1.165, 1.54) is 6.92 Å². The van der Waals surface area contributed by atoms with Gasteiger partial charge >= 0.3 is 5.97 Å². The SMILES string of the molecule is CC(=O)Oc1ccc2n[nH]nc2c1. The van der Waals surface area contributed by atoms with Crippen molar-refractivity contribution in [2.75, 3.05) is 0 Å². The van der Waals surface area contributed by atoms with E-state index in [9.17, 15) is 4.79 Å². The smallest absolute Gasteiger partial charge is 0.308 e. The number of H-pyrrole nitrogens is 1. The number of hydrogen-bond acceptors (Lipinski definition) is 4. The zero-order valence-corrected chi connectivity index (χ0v) is 6.94. The molecule has 1 heterocycles. The predicted octanol–water partition coefficient (Wildman–Crippen LogP) is 0.883. The summed E-state index contributed by atoms with van der Waals surface area (Å²) in [5.74, 6) is 0.136. The average molecular weight is 177 g/mol. The van der Waals surface area contributed by atoms with Crippen LogP contribution in [-0.4, -0.2) is 21.4 Å². The molecule has 2 aromatic rings. The molecule has 0 spiro atoms. The summed E-state index contributed by atoms with van der Waals surface area (Å²) in [5, 5.41) is 10.2. The molecule has 0 bridgehead atoms. The fourth-order valence-corrected chi connectivity index (χ4v) is 1.05. The number of hydrogen-bond donors (Lipinski definition) is 1. The van der Waals surface area contributed by atoms with Gasteiger partial charge in [0.25, 0.3) is 0 Å². The van der Waals surface area contributed by atoms with Gasteiger partial charge in [-0.3, -0.25) is 4.79 Å². The highest BCUT2D eigenvalue weighted by molar-refractivity contribution is 5.77. The zero-order chi connectivity index (χ0) is 9.26. The number of esters is 1. The molecule has 0 aliphatic rings. The maximum absolute atomic E-state index is 10.6. The summed E-state index contributed by atoms with van der Waals surface area (Å²) < 4.78 is 4.87. The van der Waals surface area contributed by atoms with E-state index in [-0.39, 0.29) is 5.97 Å². The second kappa shape index (κ2) is 2.85. The second-order valence-electron chi connectivity index (χ2n) is 2.57. The summed E-state index contributed by atoms with van der Waals surface area (Å²) in [6, 6.07) is 5.06. The van der Waals surface area contributed by atoms with Gasteiger partial charge in [0, 0.05) is 13.0 Å². The number of nitrogens with one attached hydrogen (secondary N) is 1. The van der Waals surface area contributed by atoms with Gasteiger partial charge in [0.05, 0.1) is 0 Å². The van der Waals surface area contributed by atoms with Crippen LogP contribution in [0.5, 0.6) is 5.75 Å². The highest BCUT2D eigenvalue weighted by Crippen LogP contribution is 2.16. The van der Waals surface area contributed by atoms with E-state index in [0.717, 1.165) is 5.52 Å². The lowest BCUT2D eigenvalue weighted by molar-refractivity contribution is -0.131. The Labute approximate surface area is 73.7 Å². The third kappa shape index (κ3) is 1.48. The summed E-state index contributed by atoms with van der Waals surface area (Å²) in [4.78, 5) is 10.6. The maximum atomic E-state index is 10.6. The average Bonchev–Trinajstić information content (AvgIpc) is 2.49. The third-order valence-corrected chi connectivity index (χ3v) is 1.55. The topological polar surface area (TPSA) is 67.9 Å². The van der Waals surface area contributed by atoms with Gasteiger partial charge in [-0.25, -0.2) is 0 Å². The van der Waals surface area contributed by atoms with Crippen molar-refractivity contribution in [3.8, 4) is 5.75 Å². The van der Waals surface area contributed by atoms with Crippen LogP contribution >= 0.6 is 0 Å². The van der Waals surface area contributed by atoms with Crippen molar-refractivity contribution in [3.63, 3.8) is 0 Å². The van der Waals surface area contributed by atoms with Gasteiger partial charge in [-0.2, -0.15) is 15.4 Å². The fraction of sp³-hybridized carbons (Fsp3) is 0.125. The largest absolute Gasteiger partial charge is 0.427 e. The van der Waals surface area contributed by atoms with Gasteiger partial charge < -0.3 is 4.74 Å². The molecule has 1 N–H and O–H groups in total. The molecule has 5 heteroatoms. The molecule has 0 amide bonds. The monoisotopic (exact) mass is 177 g/mol. The lowest BCUT2D eigenvalue weighted by Gasteiger charge is -1.98. The van der Waals surface area contributed by atoms with Crippen molar-refractivity contribution < 1.29 is 9.53 Å². The Morgan fingerprint density at radius 1 is 1.38 bits per heavy atom. The van der Waals surface area contributed by atoms with Crippen LogP contribution in [0.2, 0.25) is 0 Å². The Bertz CT molecular complexity index is 449. The molecule has 0 unspecified atom stereocenters. The molecule has 0 aliphatic carbocycles. The van der Waals surface area contributed by atoms with Gasteiger partial charge in [0.15, 0.2) is 0 Å². The Kier molecular flexibility index (Phi) is 1.70. The van der Waals surface area contributed by atoms with Crippen molar-refractivity contribution >= 4 is 17.0 Å². The molecule has 2 rings (SSSR count). The van der Waals surface area contributed by atoms with E-state index >= 15 is 0 Å². The minimum Gasteiger partial charge on any atom is -0.427 e. The van der Waals surface area contributed by atoms with Crippen molar-refractivity contribution in [2.24, 2.45) is 0 Å². The van der Waals surface area contributed by atoms with Gasteiger partial charge in [0.1, 0.15) is 16.8 Å². The number of ether oxygens (including phenoxy) is 1. The van der Waals surface area contributed by atoms with Gasteiger partial charge in [0.2, 0.25) is 0 Å². The Balaban J connectivity index is 2.42. The zero-order valence-electron chi connectivity index (χ0n) is 6.94. The van der Waals surface area contributed by atoms with E-state index in [1.54, 1.807) is 18.2 Å². The molecule has 0 fully saturated rings. The number of nitrogens with zero attached hydrogens (tertiary/aromatic N) is 2. The number of aromatic amines is 1. The molecule has 0 saturated carbocycles. The van der Waals surface area contributed by atoms with E-state index < -0.39 is 0 Å². The summed E-state index contributed by atoms with van der Waals surface area (Å²) in [6.07, 6.45) is 0. The maximum Gasteiger partial charge on any atom is 0.308 e. The van der Waals surface area contributed by atoms with Crippen LogP contribution in [0.3, 0.4) is 0 Å². The summed E-state index contributed by atoms with van der Waals surface area (Å²) >= 11 is 0. The first-order chi connectivity index (χ1) is 6.25. The lowest BCUT2D eigenvalue weighted by Crippen LogP contribution is -2.00. The molecule has 66 valence electrons. The molecule has 0 atom stereocenters. The van der Waals surface area contributed by atoms with Crippen LogP contribution in [0.4, 0.5) is 0 Å². The standard InChI is InChI=1S/C8H7N3O2/c1-5(12)13-6-2-3-7-8(4-6)10-11-9-7/h2-4H,1H3,(H,9,10,11). The molecule has 5 nitrogen and oxygen atoms in total. The van der Waals surface area contributed by atoms with Gasteiger partial charge in [-0.15, -0.1) is 0 Å². The molecule has 1 aromatic carbocycles. The minimum absolute atomic E-state index is 0.345. The first-order valence-corrected chi connectivity index (χ1v) is 3.74. The van der Waals surface area contributed by atoms with Crippen molar-refractivity contribution in [2.45, 2.75) is 6.92 Å². The highest BCUT2D eigenvalue weighted by Gasteiger charge is 2.01. The molecule has 0 radical (unpaired) electrons. The molecule has 1 aromatic heterocycles.